The molecule has 112 valence electrons. The predicted molar refractivity (Wildman–Crippen MR) is 90.2 cm³/mol. The van der Waals surface area contributed by atoms with Gasteiger partial charge in [-0.1, -0.05) is 24.3 Å². The van der Waals surface area contributed by atoms with Crippen LogP contribution in [0.15, 0.2) is 48.5 Å². The lowest BCUT2D eigenvalue weighted by molar-refractivity contribution is 0.477. The maximum absolute atomic E-state index is 10.1. The third kappa shape index (κ3) is 2.48. The van der Waals surface area contributed by atoms with Crippen LogP contribution in [0.25, 0.3) is 22.3 Å². The number of aromatic hydroxyl groups is 1. The Morgan fingerprint density at radius 3 is 2.36 bits per heavy atom. The number of para-hydroxylation sites is 2. The van der Waals surface area contributed by atoms with Gasteiger partial charge < -0.3 is 10.0 Å². The molecule has 2 aromatic carbocycles. The minimum absolute atomic E-state index is 0.191. The molecule has 0 atom stereocenters. The number of hydrogen-bond donors (Lipinski definition) is 1. The largest absolute Gasteiger partial charge is 0.507 e. The first-order valence-electron chi connectivity index (χ1n) is 7.36. The van der Waals surface area contributed by atoms with Crippen LogP contribution in [0.3, 0.4) is 0 Å². The molecule has 0 saturated carbocycles. The Morgan fingerprint density at radius 1 is 0.955 bits per heavy atom. The highest BCUT2D eigenvalue weighted by Gasteiger charge is 2.15. The van der Waals surface area contributed by atoms with Crippen molar-refractivity contribution in [2.24, 2.45) is 0 Å². The van der Waals surface area contributed by atoms with Gasteiger partial charge in [-0.2, -0.15) is 0 Å². The first kappa shape index (κ1) is 14.3. The number of nitrogens with zero attached hydrogens (tertiary/aromatic N) is 3. The molecule has 0 aliphatic heterocycles. The lowest BCUT2D eigenvalue weighted by Gasteiger charge is -2.24. The van der Waals surface area contributed by atoms with Crippen molar-refractivity contribution < 1.29 is 5.11 Å². The Balaban J connectivity index is 2.28. The van der Waals surface area contributed by atoms with E-state index >= 15 is 0 Å². The van der Waals surface area contributed by atoms with E-state index in [4.69, 9.17) is 4.98 Å². The summed E-state index contributed by atoms with van der Waals surface area (Å²) in [7, 11) is 2.02. The zero-order valence-electron chi connectivity index (χ0n) is 13.0. The average molecular weight is 293 g/mol. The van der Waals surface area contributed by atoms with Gasteiger partial charge in [0.05, 0.1) is 11.1 Å². The minimum Gasteiger partial charge on any atom is -0.507 e. The number of phenols is 1. The summed E-state index contributed by atoms with van der Waals surface area (Å²) in [6, 6.07) is 15.4. The Morgan fingerprint density at radius 2 is 1.64 bits per heavy atom. The second kappa shape index (κ2) is 5.64. The lowest BCUT2D eigenvalue weighted by Crippen LogP contribution is -2.27. The number of benzene rings is 2. The van der Waals surface area contributed by atoms with E-state index in [1.54, 1.807) is 12.1 Å². The first-order valence-corrected chi connectivity index (χ1v) is 7.36. The number of phenolic OH excluding ortho intramolecular Hbond substituents is 1. The molecule has 1 heterocycles. The Hall–Kier alpha value is -2.62. The van der Waals surface area contributed by atoms with Crippen LogP contribution in [0, 0.1) is 0 Å². The summed E-state index contributed by atoms with van der Waals surface area (Å²) in [5, 5.41) is 11.1. The van der Waals surface area contributed by atoms with Gasteiger partial charge in [0.15, 0.2) is 5.82 Å². The standard InChI is InChI=1S/C18H19N3O/c1-12(2)21(3)18-13-8-4-6-10-15(13)19-17(20-18)14-9-5-7-11-16(14)22/h4-12,22H,1-3H3. The van der Waals surface area contributed by atoms with E-state index in [0.717, 1.165) is 16.7 Å². The predicted octanol–water partition coefficient (Wildman–Crippen LogP) is 3.85. The van der Waals surface area contributed by atoms with Crippen LogP contribution >= 0.6 is 0 Å². The molecule has 4 heteroatoms. The average Bonchev–Trinajstić information content (AvgIpc) is 2.53. The third-order valence-electron chi connectivity index (χ3n) is 3.84. The summed E-state index contributed by atoms with van der Waals surface area (Å²) in [5.41, 5.74) is 1.52. The number of hydrogen-bond acceptors (Lipinski definition) is 4. The van der Waals surface area contributed by atoms with Crippen LogP contribution in [-0.2, 0) is 0 Å². The van der Waals surface area contributed by atoms with E-state index in [0.29, 0.717) is 17.4 Å². The van der Waals surface area contributed by atoms with Crippen molar-refractivity contribution in [1.82, 2.24) is 9.97 Å². The van der Waals surface area contributed by atoms with Crippen molar-refractivity contribution in [3.63, 3.8) is 0 Å². The number of aromatic nitrogens is 2. The van der Waals surface area contributed by atoms with E-state index < -0.39 is 0 Å². The van der Waals surface area contributed by atoms with Crippen molar-refractivity contribution in [2.45, 2.75) is 19.9 Å². The fourth-order valence-electron chi connectivity index (χ4n) is 2.36. The van der Waals surface area contributed by atoms with Gasteiger partial charge in [-0.05, 0) is 38.1 Å². The molecular formula is C18H19N3O. The Kier molecular flexibility index (Phi) is 3.67. The highest BCUT2D eigenvalue weighted by molar-refractivity contribution is 5.91. The summed E-state index contributed by atoms with van der Waals surface area (Å²) in [4.78, 5) is 11.4. The minimum atomic E-state index is 0.191. The summed E-state index contributed by atoms with van der Waals surface area (Å²) in [6.07, 6.45) is 0. The number of anilines is 1. The monoisotopic (exact) mass is 293 g/mol. The molecule has 4 nitrogen and oxygen atoms in total. The van der Waals surface area contributed by atoms with Gasteiger partial charge in [0.2, 0.25) is 0 Å². The van der Waals surface area contributed by atoms with Crippen LogP contribution in [0.5, 0.6) is 5.75 Å². The summed E-state index contributed by atoms with van der Waals surface area (Å²) < 4.78 is 0. The van der Waals surface area contributed by atoms with Gasteiger partial charge in [0, 0.05) is 18.5 Å². The Bertz CT molecular complexity index is 814. The second-order valence-corrected chi connectivity index (χ2v) is 5.61. The molecule has 3 rings (SSSR count). The molecule has 0 unspecified atom stereocenters. The topological polar surface area (TPSA) is 49.2 Å². The van der Waals surface area contributed by atoms with Crippen LogP contribution in [-0.4, -0.2) is 28.2 Å². The summed E-state index contributed by atoms with van der Waals surface area (Å²) in [5.74, 6) is 1.61. The summed E-state index contributed by atoms with van der Waals surface area (Å²) >= 11 is 0. The van der Waals surface area contributed by atoms with Crippen LogP contribution in [0.2, 0.25) is 0 Å². The zero-order chi connectivity index (χ0) is 15.7. The SMILES string of the molecule is CC(C)N(C)c1nc(-c2ccccc2O)nc2ccccc12. The van der Waals surface area contributed by atoms with E-state index in [1.807, 2.05) is 43.4 Å². The third-order valence-corrected chi connectivity index (χ3v) is 3.84. The molecular weight excluding hydrogens is 274 g/mol. The highest BCUT2D eigenvalue weighted by atomic mass is 16.3. The quantitative estimate of drug-likeness (QED) is 0.797. The maximum Gasteiger partial charge on any atom is 0.165 e. The van der Waals surface area contributed by atoms with Crippen LogP contribution in [0.4, 0.5) is 5.82 Å². The lowest BCUT2D eigenvalue weighted by atomic mass is 10.1. The van der Waals surface area contributed by atoms with Crippen molar-refractivity contribution in [3.05, 3.63) is 48.5 Å². The van der Waals surface area contributed by atoms with Gasteiger partial charge >= 0.3 is 0 Å². The molecule has 0 fully saturated rings. The van der Waals surface area contributed by atoms with Crippen molar-refractivity contribution in [1.29, 1.82) is 0 Å². The molecule has 0 radical (unpaired) electrons. The molecule has 1 N–H and O–H groups in total. The molecule has 0 bridgehead atoms. The van der Waals surface area contributed by atoms with Crippen molar-refractivity contribution in [2.75, 3.05) is 11.9 Å². The molecule has 0 amide bonds. The van der Waals surface area contributed by atoms with E-state index in [9.17, 15) is 5.11 Å². The van der Waals surface area contributed by atoms with Gasteiger partial charge in [-0.25, -0.2) is 9.97 Å². The smallest absolute Gasteiger partial charge is 0.165 e. The summed E-state index contributed by atoms with van der Waals surface area (Å²) in [6.45, 7) is 4.24. The molecule has 0 aliphatic carbocycles. The van der Waals surface area contributed by atoms with Gasteiger partial charge in [-0.15, -0.1) is 0 Å². The molecule has 0 spiro atoms. The van der Waals surface area contributed by atoms with Crippen molar-refractivity contribution >= 4 is 16.7 Å². The van der Waals surface area contributed by atoms with Crippen LogP contribution < -0.4 is 4.90 Å². The second-order valence-electron chi connectivity index (χ2n) is 5.61. The van der Waals surface area contributed by atoms with Gasteiger partial charge in [0.1, 0.15) is 11.6 Å². The highest BCUT2D eigenvalue weighted by Crippen LogP contribution is 2.31. The maximum atomic E-state index is 10.1. The first-order chi connectivity index (χ1) is 10.6. The zero-order valence-corrected chi connectivity index (χ0v) is 13.0. The fourth-order valence-corrected chi connectivity index (χ4v) is 2.36. The molecule has 0 aliphatic rings. The molecule has 0 saturated heterocycles. The molecule has 22 heavy (non-hydrogen) atoms. The molecule has 1 aromatic heterocycles. The normalized spacial score (nSPS) is 11.1. The van der Waals surface area contributed by atoms with Crippen molar-refractivity contribution in [3.8, 4) is 17.1 Å². The Labute approximate surface area is 130 Å². The number of rotatable bonds is 3. The van der Waals surface area contributed by atoms with Gasteiger partial charge in [0.25, 0.3) is 0 Å². The van der Waals surface area contributed by atoms with E-state index in [1.165, 1.54) is 0 Å². The molecule has 3 aromatic rings. The van der Waals surface area contributed by atoms with Crippen LogP contribution in [0.1, 0.15) is 13.8 Å². The fraction of sp³-hybridized carbons (Fsp3) is 0.222. The van der Waals surface area contributed by atoms with E-state index in [2.05, 4.69) is 23.7 Å². The van der Waals surface area contributed by atoms with Gasteiger partial charge in [-0.3, -0.25) is 0 Å². The van der Waals surface area contributed by atoms with E-state index in [-0.39, 0.29) is 5.75 Å². The number of fused-ring (bicyclic) bond motifs is 1.